The topological polar surface area (TPSA) is 56.7 Å². The molecule has 1 heterocycles. The molecule has 4 nitrogen and oxygen atoms in total. The molecule has 0 saturated carbocycles. The Morgan fingerprint density at radius 1 is 1.28 bits per heavy atom. The van der Waals surface area contributed by atoms with Crippen molar-refractivity contribution >= 4 is 21.7 Å². The van der Waals surface area contributed by atoms with Gasteiger partial charge in [-0.05, 0) is 30.7 Å². The molecule has 2 N–H and O–H groups in total. The summed E-state index contributed by atoms with van der Waals surface area (Å²) in [4.78, 5) is 0. The average Bonchev–Trinajstić information content (AvgIpc) is 2.64. The van der Waals surface area contributed by atoms with Crippen LogP contribution in [0, 0.1) is 6.92 Å². The lowest BCUT2D eigenvalue weighted by molar-refractivity contribution is 0.544. The lowest BCUT2D eigenvalue weighted by atomic mass is 9.91. The van der Waals surface area contributed by atoms with Gasteiger partial charge in [0.15, 0.2) is 5.82 Å². The molecule has 0 bridgehead atoms. The van der Waals surface area contributed by atoms with Crippen molar-refractivity contribution in [1.29, 1.82) is 0 Å². The van der Waals surface area contributed by atoms with Crippen molar-refractivity contribution in [3.8, 4) is 5.69 Å². The van der Waals surface area contributed by atoms with E-state index in [4.69, 9.17) is 5.73 Å². The van der Waals surface area contributed by atoms with Crippen LogP contribution in [0.1, 0.15) is 32.0 Å². The van der Waals surface area contributed by atoms with Crippen molar-refractivity contribution in [2.45, 2.75) is 33.1 Å². The second-order valence-electron chi connectivity index (χ2n) is 5.42. The van der Waals surface area contributed by atoms with Crippen LogP contribution in [0.25, 0.3) is 5.69 Å². The van der Waals surface area contributed by atoms with E-state index in [9.17, 15) is 0 Å². The number of aryl methyl sites for hydroxylation is 1. The van der Waals surface area contributed by atoms with Gasteiger partial charge in [0.05, 0.1) is 11.4 Å². The molecular formula is C13H17BrN4. The minimum Gasteiger partial charge on any atom is -0.381 e. The smallest absolute Gasteiger partial charge is 0.170 e. The van der Waals surface area contributed by atoms with Gasteiger partial charge in [-0.2, -0.15) is 0 Å². The zero-order valence-electron chi connectivity index (χ0n) is 11.0. The van der Waals surface area contributed by atoms with Crippen LogP contribution in [-0.4, -0.2) is 15.0 Å². The summed E-state index contributed by atoms with van der Waals surface area (Å²) >= 11 is 3.50. The highest BCUT2D eigenvalue weighted by Crippen LogP contribution is 2.29. The van der Waals surface area contributed by atoms with Gasteiger partial charge in [-0.1, -0.05) is 41.9 Å². The van der Waals surface area contributed by atoms with Gasteiger partial charge < -0.3 is 5.73 Å². The summed E-state index contributed by atoms with van der Waals surface area (Å²) in [5.74, 6) is 0.489. The van der Waals surface area contributed by atoms with Crippen LogP contribution in [0.5, 0.6) is 0 Å². The van der Waals surface area contributed by atoms with Crippen molar-refractivity contribution in [3.63, 3.8) is 0 Å². The van der Waals surface area contributed by atoms with Crippen molar-refractivity contribution in [3.05, 3.63) is 33.9 Å². The summed E-state index contributed by atoms with van der Waals surface area (Å²) in [6.07, 6.45) is 0. The third-order valence-electron chi connectivity index (χ3n) is 2.79. The molecule has 0 radical (unpaired) electrons. The van der Waals surface area contributed by atoms with Gasteiger partial charge in [0.1, 0.15) is 0 Å². The molecule has 0 aliphatic carbocycles. The molecule has 18 heavy (non-hydrogen) atoms. The fraction of sp³-hybridized carbons (Fsp3) is 0.385. The molecule has 0 amide bonds. The summed E-state index contributed by atoms with van der Waals surface area (Å²) in [7, 11) is 0. The number of halogens is 1. The molecule has 0 aliphatic heterocycles. The van der Waals surface area contributed by atoms with Gasteiger partial charge >= 0.3 is 0 Å². The molecular weight excluding hydrogens is 292 g/mol. The number of aromatic nitrogens is 3. The van der Waals surface area contributed by atoms with Crippen LogP contribution in [0.3, 0.4) is 0 Å². The zero-order chi connectivity index (χ0) is 13.5. The van der Waals surface area contributed by atoms with E-state index < -0.39 is 0 Å². The number of benzene rings is 1. The van der Waals surface area contributed by atoms with E-state index in [1.54, 1.807) is 0 Å². The maximum atomic E-state index is 5.93. The maximum Gasteiger partial charge on any atom is 0.170 e. The summed E-state index contributed by atoms with van der Waals surface area (Å²) in [6, 6.07) is 6.07. The number of nitrogen functional groups attached to an aromatic ring is 1. The standard InChI is InChI=1S/C13H17BrN4/c1-8-7-9(5-6-10(8)14)18-11(13(2,3)4)12(15)16-17-18/h5-7H,15H2,1-4H3. The Morgan fingerprint density at radius 2 is 1.94 bits per heavy atom. The van der Waals surface area contributed by atoms with Gasteiger partial charge in [0.25, 0.3) is 0 Å². The number of anilines is 1. The second kappa shape index (κ2) is 4.39. The number of hydrogen-bond acceptors (Lipinski definition) is 3. The maximum absolute atomic E-state index is 5.93. The molecule has 1 aromatic carbocycles. The molecule has 96 valence electrons. The first-order chi connectivity index (χ1) is 8.30. The largest absolute Gasteiger partial charge is 0.381 e. The summed E-state index contributed by atoms with van der Waals surface area (Å²) < 4.78 is 2.89. The molecule has 2 rings (SSSR count). The Morgan fingerprint density at radius 3 is 2.50 bits per heavy atom. The van der Waals surface area contributed by atoms with Crippen LogP contribution in [0.2, 0.25) is 0 Å². The number of hydrogen-bond donors (Lipinski definition) is 1. The van der Waals surface area contributed by atoms with Crippen LogP contribution < -0.4 is 5.73 Å². The van der Waals surface area contributed by atoms with E-state index in [0.717, 1.165) is 21.4 Å². The minimum absolute atomic E-state index is 0.103. The highest BCUT2D eigenvalue weighted by Gasteiger charge is 2.24. The Bertz CT molecular complexity index is 581. The van der Waals surface area contributed by atoms with Crippen molar-refractivity contribution in [1.82, 2.24) is 15.0 Å². The Hall–Kier alpha value is -1.36. The van der Waals surface area contributed by atoms with Gasteiger partial charge in [0.2, 0.25) is 0 Å². The monoisotopic (exact) mass is 308 g/mol. The number of nitrogens with two attached hydrogens (primary N) is 1. The first kappa shape index (κ1) is 13.1. The SMILES string of the molecule is Cc1cc(-n2nnc(N)c2C(C)(C)C)ccc1Br. The summed E-state index contributed by atoms with van der Waals surface area (Å²) in [5.41, 5.74) is 8.89. The predicted octanol–water partition coefficient (Wildman–Crippen LogP) is 3.22. The van der Waals surface area contributed by atoms with Gasteiger partial charge in [0, 0.05) is 9.89 Å². The molecule has 0 aliphatic rings. The third kappa shape index (κ3) is 2.27. The van der Waals surface area contributed by atoms with Crippen LogP contribution in [-0.2, 0) is 5.41 Å². The molecule has 0 unspecified atom stereocenters. The molecule has 0 atom stereocenters. The predicted molar refractivity (Wildman–Crippen MR) is 76.9 cm³/mol. The molecule has 0 saturated heterocycles. The number of nitrogens with zero attached hydrogens (tertiary/aromatic N) is 3. The first-order valence-electron chi connectivity index (χ1n) is 5.79. The van der Waals surface area contributed by atoms with Gasteiger partial charge in [-0.15, -0.1) is 5.10 Å². The quantitative estimate of drug-likeness (QED) is 0.880. The van der Waals surface area contributed by atoms with Gasteiger partial charge in [-0.3, -0.25) is 0 Å². The average molecular weight is 309 g/mol. The van der Waals surface area contributed by atoms with Crippen LogP contribution in [0.4, 0.5) is 5.82 Å². The van der Waals surface area contributed by atoms with E-state index in [1.807, 2.05) is 23.7 Å². The van der Waals surface area contributed by atoms with Crippen molar-refractivity contribution in [2.75, 3.05) is 5.73 Å². The van der Waals surface area contributed by atoms with Crippen molar-refractivity contribution in [2.24, 2.45) is 0 Å². The van der Waals surface area contributed by atoms with E-state index in [0.29, 0.717) is 5.82 Å². The second-order valence-corrected chi connectivity index (χ2v) is 6.27. The molecule has 2 aromatic rings. The fourth-order valence-corrected chi connectivity index (χ4v) is 2.18. The van der Waals surface area contributed by atoms with Gasteiger partial charge in [-0.25, -0.2) is 4.68 Å². The summed E-state index contributed by atoms with van der Waals surface area (Å²) in [5, 5.41) is 8.14. The minimum atomic E-state index is -0.103. The molecule has 0 spiro atoms. The molecule has 5 heteroatoms. The third-order valence-corrected chi connectivity index (χ3v) is 3.68. The Balaban J connectivity index is 2.61. The lowest BCUT2D eigenvalue weighted by Gasteiger charge is -2.20. The van der Waals surface area contributed by atoms with Crippen molar-refractivity contribution < 1.29 is 0 Å². The lowest BCUT2D eigenvalue weighted by Crippen LogP contribution is -2.19. The Labute approximate surface area is 115 Å². The highest BCUT2D eigenvalue weighted by molar-refractivity contribution is 9.10. The molecule has 1 aromatic heterocycles. The van der Waals surface area contributed by atoms with Crippen LogP contribution >= 0.6 is 15.9 Å². The summed E-state index contributed by atoms with van der Waals surface area (Å²) in [6.45, 7) is 8.35. The zero-order valence-corrected chi connectivity index (χ0v) is 12.6. The first-order valence-corrected chi connectivity index (χ1v) is 6.58. The highest BCUT2D eigenvalue weighted by atomic mass is 79.9. The molecule has 0 fully saturated rings. The van der Waals surface area contributed by atoms with E-state index >= 15 is 0 Å². The van der Waals surface area contributed by atoms with E-state index in [2.05, 4.69) is 53.1 Å². The van der Waals surface area contributed by atoms with E-state index in [-0.39, 0.29) is 5.41 Å². The normalized spacial score (nSPS) is 11.8. The Kier molecular flexibility index (Phi) is 3.19. The van der Waals surface area contributed by atoms with Crippen LogP contribution in [0.15, 0.2) is 22.7 Å². The van der Waals surface area contributed by atoms with E-state index in [1.165, 1.54) is 0 Å². The fourth-order valence-electron chi connectivity index (χ4n) is 1.94. The number of rotatable bonds is 1.